The molecule has 26 heavy (non-hydrogen) atoms. The average molecular weight is 482 g/mol. The number of benzene rings is 1. The van der Waals surface area contributed by atoms with Gasteiger partial charge in [0.2, 0.25) is 0 Å². The van der Waals surface area contributed by atoms with Crippen molar-refractivity contribution in [1.29, 1.82) is 0 Å². The van der Waals surface area contributed by atoms with Gasteiger partial charge >= 0.3 is 0 Å². The summed E-state index contributed by atoms with van der Waals surface area (Å²) in [5, 5.41) is 10.3. The third-order valence-corrected chi connectivity index (χ3v) is 5.71. The van der Waals surface area contributed by atoms with Gasteiger partial charge in [-0.2, -0.15) is 0 Å². The number of hydrogen-bond donors (Lipinski definition) is 3. The first-order chi connectivity index (χ1) is 12.1. The molecule has 0 spiro atoms. The second-order valence-electron chi connectivity index (χ2n) is 6.82. The van der Waals surface area contributed by atoms with Crippen LogP contribution in [0.1, 0.15) is 24.3 Å². The third-order valence-electron chi connectivity index (χ3n) is 4.47. The summed E-state index contributed by atoms with van der Waals surface area (Å²) < 4.78 is 0. The third kappa shape index (κ3) is 5.01. The molecule has 6 heteroatoms. The standard InChI is InChI=1S/C20H26N4S.HI/c1-20(2,18-9-6-12-25-18)14-24-19(21-3)22-11-10-15-13-23-17-8-5-4-7-16(15)17;/h4-9,12-13,23H,10-11,14H2,1-3H3,(H2,21,22,24);1H. The van der Waals surface area contributed by atoms with Crippen LogP contribution >= 0.6 is 35.3 Å². The predicted octanol–water partition coefficient (Wildman–Crippen LogP) is 4.53. The zero-order valence-corrected chi connectivity index (χ0v) is 18.7. The number of nitrogens with zero attached hydrogens (tertiary/aromatic N) is 1. The van der Waals surface area contributed by atoms with Crippen LogP contribution in [0.2, 0.25) is 0 Å². The van der Waals surface area contributed by atoms with E-state index in [0.29, 0.717) is 0 Å². The number of aliphatic imine (C=N–C) groups is 1. The molecule has 0 radical (unpaired) electrons. The van der Waals surface area contributed by atoms with Crippen LogP contribution in [0, 0.1) is 0 Å². The average Bonchev–Trinajstić information content (AvgIpc) is 3.28. The van der Waals surface area contributed by atoms with Gasteiger partial charge in [0.25, 0.3) is 0 Å². The lowest BCUT2D eigenvalue weighted by atomic mass is 9.91. The first-order valence-electron chi connectivity index (χ1n) is 8.63. The summed E-state index contributed by atoms with van der Waals surface area (Å²) in [5.41, 5.74) is 2.61. The van der Waals surface area contributed by atoms with Gasteiger partial charge in [-0.15, -0.1) is 35.3 Å². The maximum absolute atomic E-state index is 4.34. The molecule has 0 saturated heterocycles. The summed E-state index contributed by atoms with van der Waals surface area (Å²) in [6, 6.07) is 12.7. The number of fused-ring (bicyclic) bond motifs is 1. The minimum absolute atomic E-state index is 0. The summed E-state index contributed by atoms with van der Waals surface area (Å²) >= 11 is 1.80. The molecular formula is C20H27IN4S. The fourth-order valence-corrected chi connectivity index (χ4v) is 3.78. The molecule has 0 amide bonds. The highest BCUT2D eigenvalue weighted by molar-refractivity contribution is 14.0. The minimum atomic E-state index is 0. The van der Waals surface area contributed by atoms with E-state index in [1.54, 1.807) is 11.3 Å². The van der Waals surface area contributed by atoms with Crippen molar-refractivity contribution < 1.29 is 0 Å². The Morgan fingerprint density at radius 1 is 1.15 bits per heavy atom. The first kappa shape index (κ1) is 20.8. The number of rotatable bonds is 6. The molecule has 0 aliphatic carbocycles. The smallest absolute Gasteiger partial charge is 0.191 e. The van der Waals surface area contributed by atoms with Gasteiger partial charge in [0.15, 0.2) is 5.96 Å². The molecule has 3 rings (SSSR count). The molecule has 2 aromatic heterocycles. The molecule has 0 unspecified atom stereocenters. The van der Waals surface area contributed by atoms with E-state index in [0.717, 1.165) is 25.5 Å². The van der Waals surface area contributed by atoms with Crippen LogP contribution in [0.15, 0.2) is 53.0 Å². The Balaban J connectivity index is 0.00000243. The molecule has 0 aliphatic rings. The van der Waals surface area contributed by atoms with Crippen molar-refractivity contribution in [3.8, 4) is 0 Å². The van der Waals surface area contributed by atoms with E-state index < -0.39 is 0 Å². The van der Waals surface area contributed by atoms with Crippen molar-refractivity contribution in [3.63, 3.8) is 0 Å². The zero-order chi connectivity index (χ0) is 17.7. The van der Waals surface area contributed by atoms with E-state index in [4.69, 9.17) is 0 Å². The monoisotopic (exact) mass is 482 g/mol. The van der Waals surface area contributed by atoms with E-state index in [9.17, 15) is 0 Å². The number of para-hydroxylation sites is 1. The number of hydrogen-bond acceptors (Lipinski definition) is 2. The van der Waals surface area contributed by atoms with Crippen molar-refractivity contribution in [2.45, 2.75) is 25.7 Å². The largest absolute Gasteiger partial charge is 0.361 e. The summed E-state index contributed by atoms with van der Waals surface area (Å²) in [7, 11) is 1.82. The van der Waals surface area contributed by atoms with Gasteiger partial charge in [0, 0.05) is 47.5 Å². The highest BCUT2D eigenvalue weighted by Crippen LogP contribution is 2.26. The molecule has 0 saturated carbocycles. The number of nitrogens with one attached hydrogen (secondary N) is 3. The highest BCUT2D eigenvalue weighted by Gasteiger charge is 2.21. The van der Waals surface area contributed by atoms with Gasteiger partial charge in [0.05, 0.1) is 0 Å². The number of aromatic amines is 1. The zero-order valence-electron chi connectivity index (χ0n) is 15.5. The normalized spacial score (nSPS) is 12.0. The number of aromatic nitrogens is 1. The van der Waals surface area contributed by atoms with E-state index in [-0.39, 0.29) is 29.4 Å². The molecule has 0 bridgehead atoms. The van der Waals surface area contributed by atoms with Crippen LogP contribution in [0.4, 0.5) is 0 Å². The molecule has 0 fully saturated rings. The minimum Gasteiger partial charge on any atom is -0.361 e. The summed E-state index contributed by atoms with van der Waals surface area (Å²) in [5.74, 6) is 0.851. The predicted molar refractivity (Wildman–Crippen MR) is 124 cm³/mol. The lowest BCUT2D eigenvalue weighted by Crippen LogP contribution is -2.43. The summed E-state index contributed by atoms with van der Waals surface area (Å²) in [6.07, 6.45) is 3.06. The second kappa shape index (κ2) is 9.41. The van der Waals surface area contributed by atoms with Crippen molar-refractivity contribution in [3.05, 3.63) is 58.4 Å². The fraction of sp³-hybridized carbons (Fsp3) is 0.350. The first-order valence-corrected chi connectivity index (χ1v) is 9.51. The topological polar surface area (TPSA) is 52.2 Å². The number of H-pyrrole nitrogens is 1. The number of halogens is 1. The highest BCUT2D eigenvalue weighted by atomic mass is 127. The molecule has 0 atom stereocenters. The lowest BCUT2D eigenvalue weighted by molar-refractivity contribution is 0.518. The Morgan fingerprint density at radius 2 is 1.96 bits per heavy atom. The van der Waals surface area contributed by atoms with Crippen molar-refractivity contribution in [2.75, 3.05) is 20.1 Å². The van der Waals surface area contributed by atoms with Gasteiger partial charge in [0.1, 0.15) is 0 Å². The Kier molecular flexibility index (Phi) is 7.52. The fourth-order valence-electron chi connectivity index (χ4n) is 2.93. The summed E-state index contributed by atoms with van der Waals surface area (Å²) in [6.45, 7) is 6.21. The van der Waals surface area contributed by atoms with E-state index >= 15 is 0 Å². The van der Waals surface area contributed by atoms with E-state index in [1.807, 2.05) is 7.05 Å². The van der Waals surface area contributed by atoms with Crippen LogP contribution in [-0.4, -0.2) is 31.1 Å². The van der Waals surface area contributed by atoms with Gasteiger partial charge in [-0.1, -0.05) is 38.1 Å². The van der Waals surface area contributed by atoms with E-state index in [2.05, 4.69) is 82.4 Å². The number of thiophene rings is 1. The van der Waals surface area contributed by atoms with Crippen LogP contribution in [0.5, 0.6) is 0 Å². The second-order valence-corrected chi connectivity index (χ2v) is 7.77. The maximum Gasteiger partial charge on any atom is 0.191 e. The van der Waals surface area contributed by atoms with Crippen LogP contribution in [0.3, 0.4) is 0 Å². The Bertz CT molecular complexity index is 837. The Morgan fingerprint density at radius 3 is 2.69 bits per heavy atom. The van der Waals surface area contributed by atoms with Crippen LogP contribution in [-0.2, 0) is 11.8 Å². The van der Waals surface area contributed by atoms with Crippen LogP contribution in [0.25, 0.3) is 10.9 Å². The molecule has 3 aromatic rings. The van der Waals surface area contributed by atoms with Crippen molar-refractivity contribution in [2.24, 2.45) is 4.99 Å². The SMILES string of the molecule is CN=C(NCCc1c[nH]c2ccccc12)NCC(C)(C)c1cccs1.I. The molecule has 1 aromatic carbocycles. The van der Waals surface area contributed by atoms with E-state index in [1.165, 1.54) is 21.3 Å². The molecular weight excluding hydrogens is 455 g/mol. The molecule has 0 aliphatic heterocycles. The van der Waals surface area contributed by atoms with Crippen molar-refractivity contribution in [1.82, 2.24) is 15.6 Å². The quantitative estimate of drug-likeness (QED) is 0.275. The van der Waals surface area contributed by atoms with Gasteiger partial charge in [-0.05, 0) is 29.5 Å². The molecule has 4 nitrogen and oxygen atoms in total. The lowest BCUT2D eigenvalue weighted by Gasteiger charge is -2.25. The molecule has 3 N–H and O–H groups in total. The van der Waals surface area contributed by atoms with Crippen molar-refractivity contribution >= 4 is 52.2 Å². The number of guanidine groups is 1. The van der Waals surface area contributed by atoms with Gasteiger partial charge in [-0.3, -0.25) is 4.99 Å². The van der Waals surface area contributed by atoms with Gasteiger partial charge in [-0.25, -0.2) is 0 Å². The van der Waals surface area contributed by atoms with Gasteiger partial charge < -0.3 is 15.6 Å². The van der Waals surface area contributed by atoms with Crippen LogP contribution < -0.4 is 10.6 Å². The molecule has 140 valence electrons. The Labute approximate surface area is 176 Å². The summed E-state index contributed by atoms with van der Waals surface area (Å²) in [4.78, 5) is 9.06. The maximum atomic E-state index is 4.34. The Hall–Kier alpha value is -1.54. The molecule has 2 heterocycles.